The van der Waals surface area contributed by atoms with E-state index in [1.807, 2.05) is 48.5 Å². The van der Waals surface area contributed by atoms with Gasteiger partial charge in [-0.1, -0.05) is 86.7 Å². The fourth-order valence-corrected chi connectivity index (χ4v) is 7.34. The first-order valence-corrected chi connectivity index (χ1v) is 14.6. The van der Waals surface area contributed by atoms with Gasteiger partial charge in [0.15, 0.2) is 17.1 Å². The molecule has 5 aromatic rings. The lowest BCUT2D eigenvalue weighted by Gasteiger charge is -2.39. The van der Waals surface area contributed by atoms with E-state index < -0.39 is 5.60 Å². The van der Waals surface area contributed by atoms with Crippen molar-refractivity contribution in [2.75, 3.05) is 14.2 Å². The molecule has 3 nitrogen and oxygen atoms in total. The van der Waals surface area contributed by atoms with E-state index in [0.717, 1.165) is 62.7 Å². The van der Waals surface area contributed by atoms with Crippen LogP contribution in [0.2, 0.25) is 0 Å². The van der Waals surface area contributed by atoms with Gasteiger partial charge in [0, 0.05) is 27.5 Å². The van der Waals surface area contributed by atoms with E-state index in [2.05, 4.69) is 56.3 Å². The molecular weight excluding hydrogens is 523 g/mol. The normalized spacial score (nSPS) is 15.5. The highest BCUT2D eigenvalue weighted by Crippen LogP contribution is 2.61. The van der Waals surface area contributed by atoms with E-state index in [-0.39, 0.29) is 11.2 Å². The zero-order chi connectivity index (χ0) is 29.1. The van der Waals surface area contributed by atoms with Gasteiger partial charge in [-0.2, -0.15) is 0 Å². The third-order valence-corrected chi connectivity index (χ3v) is 9.41. The molecule has 0 spiro atoms. The molecule has 0 saturated heterocycles. The highest BCUT2D eigenvalue weighted by Gasteiger charge is 2.47. The Labute approximate surface area is 246 Å². The smallest absolute Gasteiger partial charge is 0.178 e. The highest BCUT2D eigenvalue weighted by molar-refractivity contribution is 6.09. The van der Waals surface area contributed by atoms with Crippen molar-refractivity contribution < 1.29 is 18.6 Å². The molecule has 210 valence electrons. The minimum atomic E-state index is -0.845. The van der Waals surface area contributed by atoms with Crippen molar-refractivity contribution in [3.63, 3.8) is 0 Å². The molecule has 0 amide bonds. The van der Waals surface area contributed by atoms with E-state index in [4.69, 9.17) is 14.2 Å². The van der Waals surface area contributed by atoms with Crippen LogP contribution in [0.5, 0.6) is 17.2 Å². The second kappa shape index (κ2) is 9.77. The Kier molecular flexibility index (Phi) is 6.12. The van der Waals surface area contributed by atoms with Crippen LogP contribution in [0.1, 0.15) is 54.5 Å². The number of hydrogen-bond donors (Lipinski definition) is 0. The molecule has 5 aromatic carbocycles. The molecule has 1 heterocycles. The maximum atomic E-state index is 14.9. The zero-order valence-electron chi connectivity index (χ0n) is 24.3. The summed E-state index contributed by atoms with van der Waals surface area (Å²) < 4.78 is 33.8. The Bertz CT molecular complexity index is 1810. The molecule has 1 aliphatic heterocycles. The van der Waals surface area contributed by atoms with Gasteiger partial charge >= 0.3 is 0 Å². The van der Waals surface area contributed by atoms with Gasteiger partial charge in [-0.25, -0.2) is 4.39 Å². The number of rotatable bonds is 6. The Hall–Kier alpha value is -4.57. The maximum Gasteiger partial charge on any atom is 0.178 e. The van der Waals surface area contributed by atoms with Crippen molar-refractivity contribution >= 4 is 16.8 Å². The lowest BCUT2D eigenvalue weighted by Crippen LogP contribution is -2.35. The Morgan fingerprint density at radius 3 is 1.90 bits per heavy atom. The average molecular weight is 557 g/mol. The van der Waals surface area contributed by atoms with Gasteiger partial charge in [0.1, 0.15) is 11.6 Å². The quantitative estimate of drug-likeness (QED) is 0.208. The van der Waals surface area contributed by atoms with Gasteiger partial charge < -0.3 is 14.2 Å². The summed E-state index contributed by atoms with van der Waals surface area (Å²) >= 11 is 0. The van der Waals surface area contributed by atoms with Crippen LogP contribution >= 0.6 is 0 Å². The monoisotopic (exact) mass is 556 g/mol. The van der Waals surface area contributed by atoms with E-state index in [1.54, 1.807) is 26.4 Å². The molecule has 0 unspecified atom stereocenters. The van der Waals surface area contributed by atoms with Gasteiger partial charge in [0.25, 0.3) is 0 Å². The van der Waals surface area contributed by atoms with Crippen molar-refractivity contribution in [1.82, 2.24) is 0 Å². The SMILES string of the molecule is CCC1(CC)c2cc(F)ccc2-c2c1c1c(c3cc(OC)c(OC)cc23)OC(c2ccccc2)(c2ccccc2)C=C1. The van der Waals surface area contributed by atoms with Crippen molar-refractivity contribution in [2.24, 2.45) is 0 Å². The molecular formula is C38H33FO3. The summed E-state index contributed by atoms with van der Waals surface area (Å²) in [6.45, 7) is 4.40. The number of ether oxygens (including phenoxy) is 3. The lowest BCUT2D eigenvalue weighted by atomic mass is 9.71. The van der Waals surface area contributed by atoms with Crippen molar-refractivity contribution in [1.29, 1.82) is 0 Å². The third-order valence-electron chi connectivity index (χ3n) is 9.41. The van der Waals surface area contributed by atoms with Crippen LogP contribution in [0.15, 0.2) is 97.1 Å². The fraction of sp³-hybridized carbons (Fsp3) is 0.211. The summed E-state index contributed by atoms with van der Waals surface area (Å²) in [7, 11) is 3.31. The van der Waals surface area contributed by atoms with Crippen LogP contribution in [-0.2, 0) is 11.0 Å². The van der Waals surface area contributed by atoms with Gasteiger partial charge in [-0.05, 0) is 70.8 Å². The van der Waals surface area contributed by atoms with Crippen molar-refractivity contribution in [3.8, 4) is 28.4 Å². The maximum absolute atomic E-state index is 14.9. The number of halogens is 1. The highest BCUT2D eigenvalue weighted by atomic mass is 19.1. The Morgan fingerprint density at radius 2 is 1.33 bits per heavy atom. The first-order valence-electron chi connectivity index (χ1n) is 14.6. The molecule has 0 aromatic heterocycles. The third kappa shape index (κ3) is 3.51. The van der Waals surface area contributed by atoms with Crippen LogP contribution in [0.25, 0.3) is 28.0 Å². The van der Waals surface area contributed by atoms with Crippen molar-refractivity contribution in [2.45, 2.75) is 37.7 Å². The number of benzene rings is 5. The van der Waals surface area contributed by atoms with Crippen LogP contribution < -0.4 is 14.2 Å². The van der Waals surface area contributed by atoms with Gasteiger partial charge in [-0.3, -0.25) is 0 Å². The molecule has 0 fully saturated rings. The molecule has 0 saturated carbocycles. The van der Waals surface area contributed by atoms with E-state index >= 15 is 0 Å². The predicted molar refractivity (Wildman–Crippen MR) is 167 cm³/mol. The summed E-state index contributed by atoms with van der Waals surface area (Å²) in [4.78, 5) is 0. The molecule has 0 bridgehead atoms. The molecule has 2 aliphatic rings. The standard InChI is InChI=1S/C38H33FO3/c1-5-37(6-2)31-21-26(39)17-18-27(31)34-29-22-32(40-3)33(41-4)23-30(29)36-28(35(34)37)19-20-38(42-36,24-13-9-7-10-14-24)25-15-11-8-12-16-25/h7-23H,5-6H2,1-4H3. The van der Waals surface area contributed by atoms with Gasteiger partial charge in [-0.15, -0.1) is 0 Å². The predicted octanol–water partition coefficient (Wildman–Crippen LogP) is 9.43. The molecule has 42 heavy (non-hydrogen) atoms. The van der Waals surface area contributed by atoms with E-state index in [9.17, 15) is 4.39 Å². The van der Waals surface area contributed by atoms with Crippen LogP contribution in [0.3, 0.4) is 0 Å². The summed E-state index contributed by atoms with van der Waals surface area (Å²) in [5, 5.41) is 1.93. The zero-order valence-corrected chi connectivity index (χ0v) is 24.3. The summed E-state index contributed by atoms with van der Waals surface area (Å²) in [5.41, 5.74) is 6.29. The Morgan fingerprint density at radius 1 is 0.738 bits per heavy atom. The molecule has 0 atom stereocenters. The molecule has 7 rings (SSSR count). The number of methoxy groups -OCH3 is 2. The second-order valence-corrected chi connectivity index (χ2v) is 11.1. The van der Waals surface area contributed by atoms with E-state index in [1.165, 1.54) is 5.56 Å². The molecule has 1 aliphatic carbocycles. The second-order valence-electron chi connectivity index (χ2n) is 11.1. The largest absolute Gasteiger partial charge is 0.493 e. The van der Waals surface area contributed by atoms with E-state index in [0.29, 0.717) is 11.5 Å². The summed E-state index contributed by atoms with van der Waals surface area (Å²) in [6.07, 6.45) is 6.08. The number of fused-ring (bicyclic) bond motifs is 8. The topological polar surface area (TPSA) is 27.7 Å². The average Bonchev–Trinajstić information content (AvgIpc) is 3.34. The summed E-state index contributed by atoms with van der Waals surface area (Å²) in [5.74, 6) is 1.85. The first-order chi connectivity index (χ1) is 20.5. The van der Waals surface area contributed by atoms with Gasteiger partial charge in [0.2, 0.25) is 0 Å². The Balaban J connectivity index is 1.63. The molecule has 0 N–H and O–H groups in total. The van der Waals surface area contributed by atoms with Crippen molar-refractivity contribution in [3.05, 3.63) is 131 Å². The lowest BCUT2D eigenvalue weighted by molar-refractivity contribution is 0.163. The van der Waals surface area contributed by atoms with Gasteiger partial charge in [0.05, 0.1) is 14.2 Å². The number of hydrogen-bond acceptors (Lipinski definition) is 3. The molecule has 0 radical (unpaired) electrons. The first kappa shape index (κ1) is 26.3. The summed E-state index contributed by atoms with van der Waals surface area (Å²) in [6, 6.07) is 30.0. The fourth-order valence-electron chi connectivity index (χ4n) is 7.34. The minimum absolute atomic E-state index is 0.218. The van der Waals surface area contributed by atoms with Crippen LogP contribution in [0.4, 0.5) is 4.39 Å². The molecule has 4 heteroatoms. The van der Waals surface area contributed by atoms with Crippen LogP contribution in [-0.4, -0.2) is 14.2 Å². The van der Waals surface area contributed by atoms with Crippen LogP contribution in [0, 0.1) is 5.82 Å². The minimum Gasteiger partial charge on any atom is -0.493 e.